The van der Waals surface area contributed by atoms with Gasteiger partial charge in [0.15, 0.2) is 0 Å². The molecule has 1 aliphatic rings. The second-order valence-electron chi connectivity index (χ2n) is 6.03. The minimum absolute atomic E-state index is 0.329. The van der Waals surface area contributed by atoms with Gasteiger partial charge >= 0.3 is 0 Å². The zero-order valence-electron chi connectivity index (χ0n) is 13.2. The number of nitrogens with two attached hydrogens (primary N) is 1. The third kappa shape index (κ3) is 3.26. The molecule has 0 saturated carbocycles. The Morgan fingerprint density at radius 2 is 2.10 bits per heavy atom. The van der Waals surface area contributed by atoms with Crippen molar-refractivity contribution in [3.05, 3.63) is 35.9 Å². The number of carbonyl (C=O) groups excluding carboxylic acids is 1. The largest absolute Gasteiger partial charge is 0.368 e. The molecule has 3 N–H and O–H groups in total. The summed E-state index contributed by atoms with van der Waals surface area (Å²) in [7, 11) is 6.01. The molecule has 1 aromatic rings. The van der Waals surface area contributed by atoms with E-state index in [9.17, 15) is 4.79 Å². The van der Waals surface area contributed by atoms with Crippen molar-refractivity contribution in [1.29, 1.82) is 0 Å². The molecule has 0 radical (unpaired) electrons. The number of likely N-dealkylation sites (N-methyl/N-ethyl adjacent to an activating group) is 2. The maximum atomic E-state index is 12.2. The summed E-state index contributed by atoms with van der Waals surface area (Å²) < 4.78 is 0. The first-order chi connectivity index (χ1) is 9.99. The van der Waals surface area contributed by atoms with Gasteiger partial charge in [0.1, 0.15) is 5.54 Å². The summed E-state index contributed by atoms with van der Waals surface area (Å²) in [6.45, 7) is 2.57. The Labute approximate surface area is 127 Å². The summed E-state index contributed by atoms with van der Waals surface area (Å²) in [6.07, 6.45) is 1.13. The first-order valence-corrected chi connectivity index (χ1v) is 7.42. The molecule has 1 aromatic carbocycles. The smallest absolute Gasteiger partial charge is 0.243 e. The highest BCUT2D eigenvalue weighted by molar-refractivity contribution is 5.86. The molecule has 0 bridgehead atoms. The molecule has 2 rings (SSSR count). The Bertz CT molecular complexity index is 476. The van der Waals surface area contributed by atoms with Gasteiger partial charge in [-0.2, -0.15) is 0 Å². The van der Waals surface area contributed by atoms with Crippen LogP contribution in [0.5, 0.6) is 0 Å². The summed E-state index contributed by atoms with van der Waals surface area (Å²) in [6, 6.07) is 10.3. The summed E-state index contributed by atoms with van der Waals surface area (Å²) in [5, 5.41) is 3.17. The van der Waals surface area contributed by atoms with Crippen LogP contribution < -0.4 is 11.1 Å². The molecular weight excluding hydrogens is 264 g/mol. The summed E-state index contributed by atoms with van der Waals surface area (Å²) >= 11 is 0. The van der Waals surface area contributed by atoms with Gasteiger partial charge in [0, 0.05) is 19.1 Å². The number of benzene rings is 1. The molecule has 0 aromatic heterocycles. The molecule has 1 heterocycles. The van der Waals surface area contributed by atoms with Gasteiger partial charge in [0.25, 0.3) is 0 Å². The van der Waals surface area contributed by atoms with E-state index >= 15 is 0 Å². The van der Waals surface area contributed by atoms with Crippen LogP contribution in [0.3, 0.4) is 0 Å². The van der Waals surface area contributed by atoms with Crippen molar-refractivity contribution in [2.45, 2.75) is 18.0 Å². The molecule has 1 fully saturated rings. The number of primary amides is 1. The Hall–Kier alpha value is -1.43. The van der Waals surface area contributed by atoms with Crippen molar-refractivity contribution < 1.29 is 4.79 Å². The Kier molecular flexibility index (Phi) is 4.98. The van der Waals surface area contributed by atoms with E-state index in [4.69, 9.17) is 5.73 Å². The van der Waals surface area contributed by atoms with Gasteiger partial charge in [-0.25, -0.2) is 0 Å². The van der Waals surface area contributed by atoms with Crippen LogP contribution >= 0.6 is 0 Å². The van der Waals surface area contributed by atoms with Crippen LogP contribution in [-0.4, -0.2) is 62.5 Å². The molecule has 0 aliphatic carbocycles. The van der Waals surface area contributed by atoms with Crippen molar-refractivity contribution in [3.8, 4) is 0 Å². The van der Waals surface area contributed by atoms with E-state index < -0.39 is 5.54 Å². The van der Waals surface area contributed by atoms with Crippen LogP contribution in [0.4, 0.5) is 0 Å². The zero-order chi connectivity index (χ0) is 15.5. The van der Waals surface area contributed by atoms with Gasteiger partial charge in [0.05, 0.1) is 0 Å². The highest BCUT2D eigenvalue weighted by Crippen LogP contribution is 2.25. The second-order valence-corrected chi connectivity index (χ2v) is 6.03. The number of carbonyl (C=O) groups is 1. The molecule has 2 atom stereocenters. The summed E-state index contributed by atoms with van der Waals surface area (Å²) in [4.78, 5) is 16.7. The Morgan fingerprint density at radius 3 is 2.57 bits per heavy atom. The molecule has 1 saturated heterocycles. The number of amides is 1. The van der Waals surface area contributed by atoms with Crippen molar-refractivity contribution in [1.82, 2.24) is 15.1 Å². The molecule has 1 amide bonds. The number of rotatable bonds is 6. The van der Waals surface area contributed by atoms with Gasteiger partial charge in [-0.3, -0.25) is 9.69 Å². The summed E-state index contributed by atoms with van der Waals surface area (Å²) in [5.41, 5.74) is 5.84. The van der Waals surface area contributed by atoms with Crippen LogP contribution in [0, 0.1) is 0 Å². The lowest BCUT2D eigenvalue weighted by atomic mass is 9.88. The number of nitrogens with zero attached hydrogens (tertiary/aromatic N) is 2. The number of hydrogen-bond acceptors (Lipinski definition) is 4. The topological polar surface area (TPSA) is 61.6 Å². The Balaban J connectivity index is 2.21. The number of hydrogen-bond donors (Lipinski definition) is 2. The number of likely N-dealkylation sites (tertiary alicyclic amines) is 1. The van der Waals surface area contributed by atoms with E-state index in [-0.39, 0.29) is 5.91 Å². The van der Waals surface area contributed by atoms with Crippen molar-refractivity contribution >= 4 is 5.91 Å². The minimum atomic E-state index is -0.831. The predicted octanol–water partition coefficient (Wildman–Crippen LogP) is 0.223. The van der Waals surface area contributed by atoms with Gasteiger partial charge in [0.2, 0.25) is 5.91 Å². The SMILES string of the molecule is CNC(CN1CCC(N(C)C)C1)(C(N)=O)c1ccccc1. The third-order valence-electron chi connectivity index (χ3n) is 4.55. The molecule has 0 spiro atoms. The quantitative estimate of drug-likeness (QED) is 0.787. The molecular formula is C16H26N4O. The van der Waals surface area contributed by atoms with E-state index in [1.165, 1.54) is 0 Å². The lowest BCUT2D eigenvalue weighted by Crippen LogP contribution is -2.57. The molecule has 5 nitrogen and oxygen atoms in total. The first-order valence-electron chi connectivity index (χ1n) is 7.42. The standard InChI is InChI=1S/C16H26N4O/c1-18-16(15(17)21,13-7-5-4-6-8-13)12-20-10-9-14(11-20)19(2)3/h4-8,14,18H,9-12H2,1-3H3,(H2,17,21). The molecule has 116 valence electrons. The second kappa shape index (κ2) is 6.56. The molecule has 2 unspecified atom stereocenters. The first kappa shape index (κ1) is 15.9. The van der Waals surface area contributed by atoms with Crippen molar-refractivity contribution in [2.75, 3.05) is 40.8 Å². The maximum Gasteiger partial charge on any atom is 0.243 e. The fourth-order valence-electron chi connectivity index (χ4n) is 3.09. The van der Waals surface area contributed by atoms with Gasteiger partial charge in [-0.1, -0.05) is 30.3 Å². The Morgan fingerprint density at radius 1 is 1.43 bits per heavy atom. The van der Waals surface area contributed by atoms with E-state index in [0.29, 0.717) is 12.6 Å². The van der Waals surface area contributed by atoms with E-state index in [1.54, 1.807) is 7.05 Å². The van der Waals surface area contributed by atoms with E-state index in [0.717, 1.165) is 25.1 Å². The highest BCUT2D eigenvalue weighted by Gasteiger charge is 2.40. The van der Waals surface area contributed by atoms with Gasteiger partial charge < -0.3 is 16.0 Å². The van der Waals surface area contributed by atoms with Crippen molar-refractivity contribution in [2.24, 2.45) is 5.73 Å². The van der Waals surface area contributed by atoms with Crippen LogP contribution in [0.2, 0.25) is 0 Å². The molecule has 1 aliphatic heterocycles. The van der Waals surface area contributed by atoms with Crippen LogP contribution in [0.25, 0.3) is 0 Å². The lowest BCUT2D eigenvalue weighted by Gasteiger charge is -2.35. The van der Waals surface area contributed by atoms with E-state index in [1.807, 2.05) is 30.3 Å². The predicted molar refractivity (Wildman–Crippen MR) is 84.9 cm³/mol. The van der Waals surface area contributed by atoms with Crippen LogP contribution in [0.1, 0.15) is 12.0 Å². The maximum absolute atomic E-state index is 12.2. The summed E-state index contributed by atoms with van der Waals surface area (Å²) in [5.74, 6) is -0.329. The normalized spacial score (nSPS) is 22.4. The fraction of sp³-hybridized carbons (Fsp3) is 0.562. The third-order valence-corrected chi connectivity index (χ3v) is 4.55. The zero-order valence-corrected chi connectivity index (χ0v) is 13.2. The molecule has 21 heavy (non-hydrogen) atoms. The average molecular weight is 290 g/mol. The monoisotopic (exact) mass is 290 g/mol. The minimum Gasteiger partial charge on any atom is -0.368 e. The van der Waals surface area contributed by atoms with Crippen LogP contribution in [0.15, 0.2) is 30.3 Å². The molecule has 5 heteroatoms. The fourth-order valence-corrected chi connectivity index (χ4v) is 3.09. The number of nitrogens with one attached hydrogen (secondary N) is 1. The van der Waals surface area contributed by atoms with Crippen LogP contribution in [-0.2, 0) is 10.3 Å². The average Bonchev–Trinajstić information content (AvgIpc) is 2.94. The van der Waals surface area contributed by atoms with Gasteiger partial charge in [-0.05, 0) is 39.7 Å². The van der Waals surface area contributed by atoms with Gasteiger partial charge in [-0.15, -0.1) is 0 Å². The van der Waals surface area contributed by atoms with Crippen molar-refractivity contribution in [3.63, 3.8) is 0 Å². The van der Waals surface area contributed by atoms with E-state index in [2.05, 4.69) is 29.2 Å². The lowest BCUT2D eigenvalue weighted by molar-refractivity contribution is -0.125. The highest BCUT2D eigenvalue weighted by atomic mass is 16.1.